The summed E-state index contributed by atoms with van der Waals surface area (Å²) in [6, 6.07) is 20.8. The van der Waals surface area contributed by atoms with Gasteiger partial charge in [0.15, 0.2) is 0 Å². The van der Waals surface area contributed by atoms with Crippen molar-refractivity contribution in [2.75, 3.05) is 12.4 Å². The van der Waals surface area contributed by atoms with Crippen molar-refractivity contribution >= 4 is 28.3 Å². The Hall–Kier alpha value is -3.34. The van der Waals surface area contributed by atoms with E-state index in [2.05, 4.69) is 10.5 Å². The van der Waals surface area contributed by atoms with Crippen LogP contribution in [-0.4, -0.2) is 18.9 Å². The number of anilines is 1. The van der Waals surface area contributed by atoms with Crippen molar-refractivity contribution in [3.8, 4) is 5.75 Å². The van der Waals surface area contributed by atoms with Gasteiger partial charge in [-0.1, -0.05) is 41.6 Å². The van der Waals surface area contributed by atoms with E-state index < -0.39 is 6.09 Å². The van der Waals surface area contributed by atoms with Crippen LogP contribution in [0.5, 0.6) is 5.75 Å². The van der Waals surface area contributed by atoms with Crippen molar-refractivity contribution in [2.45, 2.75) is 6.92 Å². The van der Waals surface area contributed by atoms with Crippen LogP contribution in [-0.2, 0) is 4.84 Å². The SMILES string of the molecule is COc1ccc2cc(C(C)=NOC(=O)Nc3ccccc3)ccc2c1. The van der Waals surface area contributed by atoms with Crippen molar-refractivity contribution in [1.29, 1.82) is 0 Å². The van der Waals surface area contributed by atoms with Crippen LogP contribution in [0, 0.1) is 0 Å². The average Bonchev–Trinajstić information content (AvgIpc) is 2.66. The van der Waals surface area contributed by atoms with E-state index in [-0.39, 0.29) is 0 Å². The summed E-state index contributed by atoms with van der Waals surface area (Å²) in [5.74, 6) is 0.812. The Balaban J connectivity index is 1.71. The van der Waals surface area contributed by atoms with Gasteiger partial charge in [-0.05, 0) is 53.6 Å². The molecule has 25 heavy (non-hydrogen) atoms. The standard InChI is InChI=1S/C20H18N2O3/c1-14(22-25-20(23)21-18-6-4-3-5-7-18)15-8-9-17-13-19(24-2)11-10-16(17)12-15/h3-13H,1-2H3,(H,21,23). The molecule has 0 atom stereocenters. The number of benzene rings is 3. The number of carbonyl (C=O) groups is 1. The molecule has 0 heterocycles. The molecule has 0 spiro atoms. The molecule has 3 aromatic rings. The monoisotopic (exact) mass is 334 g/mol. The minimum Gasteiger partial charge on any atom is -0.497 e. The molecule has 0 aliphatic rings. The second-order valence-electron chi connectivity index (χ2n) is 5.47. The highest BCUT2D eigenvalue weighted by molar-refractivity contribution is 6.02. The van der Waals surface area contributed by atoms with Crippen LogP contribution in [0.1, 0.15) is 12.5 Å². The quantitative estimate of drug-likeness (QED) is 0.423. The van der Waals surface area contributed by atoms with E-state index in [1.165, 1.54) is 0 Å². The Morgan fingerprint density at radius 2 is 1.68 bits per heavy atom. The largest absolute Gasteiger partial charge is 0.497 e. The fourth-order valence-electron chi connectivity index (χ4n) is 2.40. The third-order valence-corrected chi connectivity index (χ3v) is 3.75. The van der Waals surface area contributed by atoms with Gasteiger partial charge in [0.2, 0.25) is 0 Å². The van der Waals surface area contributed by atoms with Gasteiger partial charge in [-0.3, -0.25) is 10.2 Å². The van der Waals surface area contributed by atoms with Crippen molar-refractivity contribution in [3.63, 3.8) is 0 Å². The summed E-state index contributed by atoms with van der Waals surface area (Å²) in [6.07, 6.45) is -0.629. The van der Waals surface area contributed by atoms with Gasteiger partial charge in [-0.25, -0.2) is 4.79 Å². The van der Waals surface area contributed by atoms with Gasteiger partial charge in [0.25, 0.3) is 0 Å². The normalized spacial score (nSPS) is 11.2. The molecule has 0 aliphatic heterocycles. The van der Waals surface area contributed by atoms with E-state index >= 15 is 0 Å². The highest BCUT2D eigenvalue weighted by Gasteiger charge is 2.05. The Morgan fingerprint density at radius 3 is 2.44 bits per heavy atom. The number of hydrogen-bond acceptors (Lipinski definition) is 4. The van der Waals surface area contributed by atoms with Crippen molar-refractivity contribution < 1.29 is 14.4 Å². The highest BCUT2D eigenvalue weighted by atomic mass is 16.7. The topological polar surface area (TPSA) is 59.9 Å². The fourth-order valence-corrected chi connectivity index (χ4v) is 2.40. The van der Waals surface area contributed by atoms with Crippen LogP contribution in [0.2, 0.25) is 0 Å². The summed E-state index contributed by atoms with van der Waals surface area (Å²) in [7, 11) is 1.64. The number of ether oxygens (including phenoxy) is 1. The maximum absolute atomic E-state index is 11.8. The van der Waals surface area contributed by atoms with E-state index in [0.717, 1.165) is 22.1 Å². The van der Waals surface area contributed by atoms with Gasteiger partial charge in [0.05, 0.1) is 12.8 Å². The number of rotatable bonds is 4. The molecule has 0 aromatic heterocycles. The van der Waals surface area contributed by atoms with Crippen LogP contribution in [0.25, 0.3) is 10.8 Å². The number of para-hydroxylation sites is 1. The molecule has 0 unspecified atom stereocenters. The molecule has 5 nitrogen and oxygen atoms in total. The molecule has 0 radical (unpaired) electrons. The van der Waals surface area contributed by atoms with E-state index in [1.807, 2.05) is 54.6 Å². The van der Waals surface area contributed by atoms with Gasteiger partial charge >= 0.3 is 6.09 Å². The lowest BCUT2D eigenvalue weighted by Gasteiger charge is -2.06. The average molecular weight is 334 g/mol. The Morgan fingerprint density at radius 1 is 0.960 bits per heavy atom. The number of oxime groups is 1. The molecular formula is C20H18N2O3. The summed E-state index contributed by atoms with van der Waals surface area (Å²) in [6.45, 7) is 1.79. The molecule has 0 aliphatic carbocycles. The number of amides is 1. The summed E-state index contributed by atoms with van der Waals surface area (Å²) < 4.78 is 5.23. The van der Waals surface area contributed by atoms with Crippen molar-refractivity contribution in [1.82, 2.24) is 0 Å². The first-order chi connectivity index (χ1) is 12.2. The first-order valence-corrected chi connectivity index (χ1v) is 7.81. The molecular weight excluding hydrogens is 316 g/mol. The number of fused-ring (bicyclic) bond motifs is 1. The molecule has 0 fully saturated rings. The maximum atomic E-state index is 11.8. The number of hydrogen-bond donors (Lipinski definition) is 1. The Kier molecular flexibility index (Phi) is 4.95. The first-order valence-electron chi connectivity index (χ1n) is 7.81. The van der Waals surface area contributed by atoms with Crippen LogP contribution in [0.3, 0.4) is 0 Å². The zero-order valence-corrected chi connectivity index (χ0v) is 14.0. The smallest absolute Gasteiger partial charge is 0.437 e. The van der Waals surface area contributed by atoms with Gasteiger partial charge < -0.3 is 4.74 Å². The molecule has 0 bridgehead atoms. The predicted molar refractivity (Wildman–Crippen MR) is 99.3 cm³/mol. The number of methoxy groups -OCH3 is 1. The van der Waals surface area contributed by atoms with Gasteiger partial charge in [0, 0.05) is 5.69 Å². The third-order valence-electron chi connectivity index (χ3n) is 3.75. The molecule has 1 N–H and O–H groups in total. The maximum Gasteiger partial charge on any atom is 0.437 e. The van der Waals surface area contributed by atoms with Crippen LogP contribution in [0.15, 0.2) is 71.9 Å². The zero-order chi connectivity index (χ0) is 17.6. The van der Waals surface area contributed by atoms with Crippen molar-refractivity contribution in [3.05, 3.63) is 72.3 Å². The number of nitrogens with zero attached hydrogens (tertiary/aromatic N) is 1. The van der Waals surface area contributed by atoms with Gasteiger partial charge in [-0.2, -0.15) is 0 Å². The molecule has 0 saturated heterocycles. The first kappa shape index (κ1) is 16.5. The Bertz CT molecular complexity index is 921. The van der Waals surface area contributed by atoms with Crippen LogP contribution < -0.4 is 10.1 Å². The summed E-state index contributed by atoms with van der Waals surface area (Å²) in [5, 5.41) is 8.65. The summed E-state index contributed by atoms with van der Waals surface area (Å²) in [4.78, 5) is 16.7. The summed E-state index contributed by atoms with van der Waals surface area (Å²) >= 11 is 0. The molecule has 5 heteroatoms. The molecule has 0 saturated carbocycles. The van der Waals surface area contributed by atoms with Crippen molar-refractivity contribution in [2.24, 2.45) is 5.16 Å². The van der Waals surface area contributed by atoms with E-state index in [0.29, 0.717) is 11.4 Å². The van der Waals surface area contributed by atoms with Gasteiger partial charge in [0.1, 0.15) is 5.75 Å². The Labute approximate surface area is 145 Å². The van der Waals surface area contributed by atoms with E-state index in [1.54, 1.807) is 26.2 Å². The minimum atomic E-state index is -0.629. The van der Waals surface area contributed by atoms with Gasteiger partial charge in [-0.15, -0.1) is 0 Å². The highest BCUT2D eigenvalue weighted by Crippen LogP contribution is 2.22. The lowest BCUT2D eigenvalue weighted by atomic mass is 10.0. The van der Waals surface area contributed by atoms with Crippen LogP contribution >= 0.6 is 0 Å². The second-order valence-corrected chi connectivity index (χ2v) is 5.47. The second kappa shape index (κ2) is 7.49. The lowest BCUT2D eigenvalue weighted by Crippen LogP contribution is -2.11. The predicted octanol–water partition coefficient (Wildman–Crippen LogP) is 4.82. The number of nitrogens with one attached hydrogen (secondary N) is 1. The number of carbonyl (C=O) groups excluding carboxylic acids is 1. The molecule has 3 aromatic carbocycles. The molecule has 126 valence electrons. The third kappa shape index (κ3) is 4.14. The molecule has 1 amide bonds. The lowest BCUT2D eigenvalue weighted by molar-refractivity contribution is 0.166. The zero-order valence-electron chi connectivity index (χ0n) is 14.0. The van der Waals surface area contributed by atoms with Crippen LogP contribution in [0.4, 0.5) is 10.5 Å². The summed E-state index contributed by atoms with van der Waals surface area (Å²) in [5.41, 5.74) is 2.14. The minimum absolute atomic E-state index is 0.612. The molecule has 3 rings (SSSR count). The fraction of sp³-hybridized carbons (Fsp3) is 0.100. The van der Waals surface area contributed by atoms with E-state index in [9.17, 15) is 4.79 Å². The van der Waals surface area contributed by atoms with E-state index in [4.69, 9.17) is 9.57 Å².